The summed E-state index contributed by atoms with van der Waals surface area (Å²) in [6.07, 6.45) is -3.18. The van der Waals surface area contributed by atoms with Crippen molar-refractivity contribution in [3.8, 4) is 23.0 Å². The Hall–Kier alpha value is -11.9. The number of rotatable bonds is 22. The van der Waals surface area contributed by atoms with Gasteiger partial charge in [0.1, 0.15) is 43.6 Å². The van der Waals surface area contributed by atoms with Crippen LogP contribution in [0.1, 0.15) is 190 Å². The number of cyclic esters (lactones) is 2. The summed E-state index contributed by atoms with van der Waals surface area (Å²) in [5.74, 6) is -19.0. The molecular formula is C81H88N8O30S4. The van der Waals surface area contributed by atoms with Crippen molar-refractivity contribution in [1.82, 2.24) is 28.7 Å². The fourth-order valence-electron chi connectivity index (χ4n) is 13.4. The van der Waals surface area contributed by atoms with E-state index in [2.05, 4.69) is 20.3 Å². The smallest absolute Gasteiger partial charge is 0.375 e. The molecule has 0 bridgehead atoms. The molecule has 9 heterocycles. The molecule has 0 radical (unpaired) electrons. The highest BCUT2D eigenvalue weighted by Gasteiger charge is 2.69. The molecule has 0 spiro atoms. The number of amides is 4. The van der Waals surface area contributed by atoms with Crippen LogP contribution in [0.25, 0.3) is 0 Å². The largest absolute Gasteiger partial charge is 0.504 e. The molecule has 42 heteroatoms. The van der Waals surface area contributed by atoms with Crippen molar-refractivity contribution < 1.29 is 142 Å². The third-order valence-corrected chi connectivity index (χ3v) is 24.3. The Kier molecular flexibility index (Phi) is 23.6. The summed E-state index contributed by atoms with van der Waals surface area (Å²) in [5.41, 5.74) is -13.4. The first-order valence-electron chi connectivity index (χ1n) is 38.1. The van der Waals surface area contributed by atoms with Crippen molar-refractivity contribution in [2.75, 3.05) is 13.2 Å². The molecule has 38 nitrogen and oxygen atoms in total. The van der Waals surface area contributed by atoms with Crippen LogP contribution in [-0.2, 0) is 122 Å². The Morgan fingerprint density at radius 3 is 1.20 bits per heavy atom. The van der Waals surface area contributed by atoms with E-state index in [0.717, 1.165) is 6.07 Å². The van der Waals surface area contributed by atoms with Crippen LogP contribution < -0.4 is 9.47 Å². The quantitative estimate of drug-likeness (QED) is 0.0215. The Labute approximate surface area is 712 Å². The number of oxime groups is 2. The number of hydroxylamine groups is 4. The lowest BCUT2D eigenvalue weighted by Crippen LogP contribution is -2.57. The van der Waals surface area contributed by atoms with Crippen LogP contribution in [0.15, 0.2) is 116 Å². The molecular weight excluding hydrogens is 1690 g/mol. The first-order chi connectivity index (χ1) is 56.9. The van der Waals surface area contributed by atoms with Crippen molar-refractivity contribution >= 4 is 125 Å². The molecule has 2 N–H and O–H groups in total. The predicted molar refractivity (Wildman–Crippen MR) is 425 cm³/mol. The third-order valence-electron chi connectivity index (χ3n) is 19.1. The number of carbonyl (C=O) groups is 12. The number of ether oxygens (including phenoxy) is 8. The fourth-order valence-corrected chi connectivity index (χ4v) is 18.0. The minimum atomic E-state index is -4.89. The molecule has 0 aliphatic carbocycles. The summed E-state index contributed by atoms with van der Waals surface area (Å²) in [6.45, 7) is 26.8. The molecule has 6 atom stereocenters. The van der Waals surface area contributed by atoms with E-state index in [1.54, 1.807) is 104 Å². The van der Waals surface area contributed by atoms with Crippen LogP contribution >= 0.6 is 22.7 Å². The average Bonchev–Trinajstić information content (AvgIpc) is 1.55. The number of aromatic hydroxyl groups is 2. The number of nitrogens with zero attached hydrogens (tertiary/aromatic N) is 8. The first kappa shape index (κ1) is 90.4. The molecule has 0 saturated carbocycles. The second kappa shape index (κ2) is 32.1. The Morgan fingerprint density at radius 1 is 0.496 bits per heavy atom. The number of ketones is 2. The maximum absolute atomic E-state index is 14.5. The SMILES string of the molecule is Cc1nc(/C(=N/OC(C)(C)C(=O)OC(C)(C)C)C(=O)C[C@H]2CON(C3(C(=O)OC(C)(C)C)C[C@H](N4C(=O)c5cc(O)c(O)cc5S4(=O)=O)C(=O)O3)C2=O)cs1.Cc1nc(/C(=N/OC(C)(C)C(=O)OC(C)(C)C)C(=O)C[C@H]2CON(C3(C(=O)OC(C)(C)C)C[C@H](N4C(=O)c5cc6c(cc5S4(=O)=O)OC(c4ccccc4)(c4ccccc4)O6)C(=O)O3)C2=O)cs1. The van der Waals surface area contributed by atoms with Gasteiger partial charge in [-0.25, -0.2) is 64.2 Å². The van der Waals surface area contributed by atoms with Crippen LogP contribution in [0.5, 0.6) is 23.0 Å². The number of phenols is 2. The minimum absolute atomic E-state index is 0.0140. The van der Waals surface area contributed by atoms with Gasteiger partial charge in [0.25, 0.3) is 43.7 Å². The van der Waals surface area contributed by atoms with Crippen molar-refractivity contribution in [2.24, 2.45) is 22.1 Å². The van der Waals surface area contributed by atoms with E-state index in [4.69, 9.17) is 57.2 Å². The fraction of sp³-hybridized carbons (Fsp3) is 0.457. The molecule has 656 valence electrons. The lowest BCUT2D eigenvalue weighted by atomic mass is 9.97. The van der Waals surface area contributed by atoms with Gasteiger partial charge in [-0.2, -0.15) is 10.1 Å². The Morgan fingerprint density at radius 2 is 0.846 bits per heavy atom. The maximum Gasteiger partial charge on any atom is 0.375 e. The molecule has 7 aliphatic heterocycles. The monoisotopic (exact) mass is 1780 g/mol. The van der Waals surface area contributed by atoms with E-state index in [1.165, 1.54) is 109 Å². The van der Waals surface area contributed by atoms with Crippen molar-refractivity contribution in [3.63, 3.8) is 0 Å². The zero-order valence-corrected chi connectivity index (χ0v) is 73.1. The topological polar surface area (TPSA) is 488 Å². The molecule has 2 unspecified atom stereocenters. The van der Waals surface area contributed by atoms with Gasteiger partial charge < -0.3 is 57.8 Å². The summed E-state index contributed by atoms with van der Waals surface area (Å²) in [6, 6.07) is 17.4. The number of benzene rings is 4. The average molecular weight is 1780 g/mol. The van der Waals surface area contributed by atoms with Gasteiger partial charge in [-0.05, 0) is 137 Å². The lowest BCUT2D eigenvalue weighted by molar-refractivity contribution is -0.263. The van der Waals surface area contributed by atoms with Gasteiger partial charge in [0.2, 0.25) is 11.2 Å². The van der Waals surface area contributed by atoms with Crippen molar-refractivity contribution in [3.05, 3.63) is 139 Å². The molecule has 4 saturated heterocycles. The number of aryl methyl sites for hydroxylation is 2. The van der Waals surface area contributed by atoms with E-state index in [-0.39, 0.29) is 44.2 Å². The molecule has 123 heavy (non-hydrogen) atoms. The van der Waals surface area contributed by atoms with Crippen LogP contribution in [0.2, 0.25) is 0 Å². The van der Waals surface area contributed by atoms with Gasteiger partial charge in [-0.15, -0.1) is 22.7 Å². The highest BCUT2D eigenvalue weighted by molar-refractivity contribution is 7.90. The van der Waals surface area contributed by atoms with Gasteiger partial charge >= 0.3 is 53.1 Å². The second-order valence-corrected chi connectivity index (χ2v) is 40.0. The molecule has 4 fully saturated rings. The highest BCUT2D eigenvalue weighted by Crippen LogP contribution is 2.53. The Balaban J connectivity index is 0.000000230. The zero-order chi connectivity index (χ0) is 90.6. The molecule has 4 amide bonds. The number of sulfonamides is 2. The number of thiazole rings is 2. The van der Waals surface area contributed by atoms with E-state index in [1.807, 2.05) is 12.1 Å². The van der Waals surface area contributed by atoms with Crippen molar-refractivity contribution in [2.45, 2.75) is 223 Å². The first-order valence-corrected chi connectivity index (χ1v) is 42.8. The van der Waals surface area contributed by atoms with Gasteiger partial charge in [-0.1, -0.05) is 71.0 Å². The van der Waals surface area contributed by atoms with Crippen LogP contribution in [0.3, 0.4) is 0 Å². The normalized spacial score (nSPS) is 22.3. The molecule has 13 rings (SSSR count). The van der Waals surface area contributed by atoms with E-state index < -0.39 is 232 Å². The molecule has 2 aromatic heterocycles. The lowest BCUT2D eigenvalue weighted by Gasteiger charge is -2.35. The van der Waals surface area contributed by atoms with E-state index in [0.29, 0.717) is 47.7 Å². The summed E-state index contributed by atoms with van der Waals surface area (Å²) in [4.78, 5) is 195. The number of esters is 6. The zero-order valence-electron chi connectivity index (χ0n) is 69.8. The number of fused-ring (bicyclic) bond motifs is 3. The molecule has 7 aliphatic rings. The number of phenolic OH excluding ortho intramolecular Hbond substituents is 2. The summed E-state index contributed by atoms with van der Waals surface area (Å²) in [7, 11) is -9.77. The number of hydrogen-bond acceptors (Lipinski definition) is 36. The summed E-state index contributed by atoms with van der Waals surface area (Å²) >= 11 is 2.39. The summed E-state index contributed by atoms with van der Waals surface area (Å²) < 4.78 is 102. The standard InChI is InChI=1S/C47H48N4O15S2.C34H40N4O15S2/c1-26-48-31(25-67-26)37(49-66-45(8,9)41(56)64-43(2,3)4)33(52)20-27-24-60-51(38(27)53)46(42(57)65-44(5,6)7)23-32(40(55)63-46)50-39(54)30-21-34-35(22-36(30)68(50,58)59)62-47(61-34,28-16-12-10-13-17-28)29-18-14-11-15-19-29;1-16-35-19(15-54-16)25(36-53-33(8,9)29(45)51-31(2,3)4)23(41)10-17-14-49-38(26(17)42)34(30(46)52-32(5,6)7)13-20(28(44)50-34)37-27(43)18-11-21(39)22(40)12-24(18)55(37,47)48/h10-19,21-22,25,27,32H,20,23-24H2,1-9H3;11-12,15,17,20,39-40H,10,13-14H2,1-9H3/b49-37-;36-25-/t27-,32-,46?;17-,20-,34?/m00/s1. The van der Waals surface area contributed by atoms with Crippen molar-refractivity contribution in [1.29, 1.82) is 0 Å². The number of aromatic nitrogens is 2. The third kappa shape index (κ3) is 17.6. The number of hydrogen-bond donors (Lipinski definition) is 2. The number of Topliss-reactive ketones (excluding diaryl/α,β-unsaturated/α-hetero) is 2. The molecule has 4 aromatic carbocycles. The maximum atomic E-state index is 14.5. The van der Waals surface area contributed by atoms with Gasteiger partial charge in [0, 0.05) is 46.9 Å². The Bertz CT molecular complexity index is 5660. The highest BCUT2D eigenvalue weighted by atomic mass is 32.2. The predicted octanol–water partition coefficient (Wildman–Crippen LogP) is 7.76. The van der Waals surface area contributed by atoms with Crippen LogP contribution in [0.4, 0.5) is 0 Å². The number of carbonyl (C=O) groups excluding carboxylic acids is 12. The second-order valence-electron chi connectivity index (χ2n) is 34.3. The van der Waals surface area contributed by atoms with Crippen LogP contribution in [-0.4, -0.2) is 209 Å². The van der Waals surface area contributed by atoms with Gasteiger partial charge in [0.15, 0.2) is 58.1 Å². The molecule has 6 aromatic rings. The van der Waals surface area contributed by atoms with Crippen LogP contribution in [0, 0.1) is 25.7 Å². The van der Waals surface area contributed by atoms with E-state index in [9.17, 15) is 84.6 Å². The van der Waals surface area contributed by atoms with Gasteiger partial charge in [-0.3, -0.25) is 38.4 Å². The summed E-state index contributed by atoms with van der Waals surface area (Å²) in [5, 5.41) is 32.9. The van der Waals surface area contributed by atoms with E-state index >= 15 is 0 Å². The minimum Gasteiger partial charge on any atom is -0.504 e. The van der Waals surface area contributed by atoms with Gasteiger partial charge in [0.05, 0.1) is 59.0 Å².